The summed E-state index contributed by atoms with van der Waals surface area (Å²) in [4.78, 5) is 9.15. The predicted molar refractivity (Wildman–Crippen MR) is 105 cm³/mol. The molecule has 1 heterocycles. The highest BCUT2D eigenvalue weighted by atomic mass is 127. The van der Waals surface area contributed by atoms with E-state index in [1.165, 1.54) is 0 Å². The van der Waals surface area contributed by atoms with Crippen LogP contribution in [-0.4, -0.2) is 17.0 Å². The molecule has 0 spiro atoms. The van der Waals surface area contributed by atoms with Gasteiger partial charge in [-0.2, -0.15) is 0 Å². The largest absolute Gasteiger partial charge is 0.489 e. The third kappa shape index (κ3) is 3.84. The maximum absolute atomic E-state index is 5.82. The van der Waals surface area contributed by atoms with Crippen molar-refractivity contribution in [2.45, 2.75) is 13.5 Å². The molecule has 5 heteroatoms. The summed E-state index contributed by atoms with van der Waals surface area (Å²) in [5.74, 6) is 2.40. The molecule has 0 saturated carbocycles. The van der Waals surface area contributed by atoms with E-state index in [9.17, 15) is 0 Å². The standard InChI is InChI=1S/C19H18IN3O/c1-13-17(20)19(21-2)23-18(22-13)15-8-10-16(11-9-15)24-12-14-6-4-3-5-7-14/h3-11H,12H2,1-2H3,(H,21,22,23). The van der Waals surface area contributed by atoms with Crippen LogP contribution in [0.1, 0.15) is 11.3 Å². The quantitative estimate of drug-likeness (QED) is 0.597. The van der Waals surface area contributed by atoms with Crippen LogP contribution in [0.2, 0.25) is 0 Å². The predicted octanol–water partition coefficient (Wildman–Crippen LogP) is 4.68. The maximum atomic E-state index is 5.82. The molecular weight excluding hydrogens is 413 g/mol. The summed E-state index contributed by atoms with van der Waals surface area (Å²) in [6.07, 6.45) is 0. The first-order valence-corrected chi connectivity index (χ1v) is 8.74. The third-order valence-corrected chi connectivity index (χ3v) is 4.91. The molecule has 2 aromatic carbocycles. The van der Waals surface area contributed by atoms with Crippen LogP contribution in [0.4, 0.5) is 5.82 Å². The molecule has 0 radical (unpaired) electrons. The van der Waals surface area contributed by atoms with Crippen LogP contribution in [0.5, 0.6) is 5.75 Å². The minimum atomic E-state index is 0.559. The molecule has 3 rings (SSSR count). The van der Waals surface area contributed by atoms with Gasteiger partial charge >= 0.3 is 0 Å². The summed E-state index contributed by atoms with van der Waals surface area (Å²) in [7, 11) is 1.87. The maximum Gasteiger partial charge on any atom is 0.161 e. The lowest BCUT2D eigenvalue weighted by molar-refractivity contribution is 0.306. The van der Waals surface area contributed by atoms with E-state index in [0.717, 1.165) is 32.0 Å². The first-order valence-electron chi connectivity index (χ1n) is 7.66. The first kappa shape index (κ1) is 16.7. The average Bonchev–Trinajstić information content (AvgIpc) is 2.63. The van der Waals surface area contributed by atoms with Crippen molar-refractivity contribution in [1.29, 1.82) is 0 Å². The Morgan fingerprint density at radius 2 is 1.71 bits per heavy atom. The number of nitrogens with zero attached hydrogens (tertiary/aromatic N) is 2. The van der Waals surface area contributed by atoms with Gasteiger partial charge in [0.2, 0.25) is 0 Å². The van der Waals surface area contributed by atoms with E-state index in [0.29, 0.717) is 12.4 Å². The van der Waals surface area contributed by atoms with Crippen LogP contribution in [0.25, 0.3) is 11.4 Å². The van der Waals surface area contributed by atoms with Gasteiger partial charge in [0.25, 0.3) is 0 Å². The van der Waals surface area contributed by atoms with Crippen molar-refractivity contribution in [3.8, 4) is 17.1 Å². The highest BCUT2D eigenvalue weighted by Crippen LogP contribution is 2.25. The molecule has 0 aliphatic carbocycles. The van der Waals surface area contributed by atoms with Gasteiger partial charge in [-0.25, -0.2) is 9.97 Å². The SMILES string of the molecule is CNc1nc(-c2ccc(OCc3ccccc3)cc2)nc(C)c1I. The molecular formula is C19H18IN3O. The second kappa shape index (κ2) is 7.61. The molecule has 0 aliphatic rings. The van der Waals surface area contributed by atoms with Gasteiger partial charge in [0.15, 0.2) is 5.82 Å². The van der Waals surface area contributed by atoms with Crippen molar-refractivity contribution in [3.63, 3.8) is 0 Å². The van der Waals surface area contributed by atoms with Crippen LogP contribution in [0, 0.1) is 10.5 Å². The molecule has 3 aromatic rings. The van der Waals surface area contributed by atoms with Gasteiger partial charge in [-0.05, 0) is 59.3 Å². The molecule has 0 aliphatic heterocycles. The molecule has 0 unspecified atom stereocenters. The van der Waals surface area contributed by atoms with Crippen LogP contribution in [0.15, 0.2) is 54.6 Å². The molecule has 0 amide bonds. The third-order valence-electron chi connectivity index (χ3n) is 3.61. The van der Waals surface area contributed by atoms with Crippen molar-refractivity contribution >= 4 is 28.4 Å². The number of ether oxygens (including phenoxy) is 1. The van der Waals surface area contributed by atoms with Gasteiger partial charge < -0.3 is 10.1 Å². The van der Waals surface area contributed by atoms with Crippen molar-refractivity contribution in [2.75, 3.05) is 12.4 Å². The Bertz CT molecular complexity index is 820. The topological polar surface area (TPSA) is 47.0 Å². The van der Waals surface area contributed by atoms with Crippen LogP contribution in [0.3, 0.4) is 0 Å². The van der Waals surface area contributed by atoms with E-state index < -0.39 is 0 Å². The Morgan fingerprint density at radius 3 is 2.38 bits per heavy atom. The van der Waals surface area contributed by atoms with Crippen molar-refractivity contribution in [3.05, 3.63) is 69.4 Å². The highest BCUT2D eigenvalue weighted by molar-refractivity contribution is 14.1. The Hall–Kier alpha value is -2.15. The Morgan fingerprint density at radius 1 is 1.00 bits per heavy atom. The first-order chi connectivity index (χ1) is 11.7. The number of aryl methyl sites for hydroxylation is 1. The summed E-state index contributed by atoms with van der Waals surface area (Å²) in [5, 5.41) is 3.11. The number of hydrogen-bond acceptors (Lipinski definition) is 4. The number of anilines is 1. The Balaban J connectivity index is 1.76. The summed E-state index contributed by atoms with van der Waals surface area (Å²) >= 11 is 2.26. The smallest absolute Gasteiger partial charge is 0.161 e. The summed E-state index contributed by atoms with van der Waals surface area (Å²) < 4.78 is 6.86. The molecule has 0 saturated heterocycles. The molecule has 1 N–H and O–H groups in total. The van der Waals surface area contributed by atoms with E-state index in [2.05, 4.69) is 50.0 Å². The van der Waals surface area contributed by atoms with E-state index in [4.69, 9.17) is 4.74 Å². The molecule has 0 bridgehead atoms. The Labute approximate surface area is 155 Å². The monoisotopic (exact) mass is 431 g/mol. The van der Waals surface area contributed by atoms with Gasteiger partial charge in [0.05, 0.1) is 9.26 Å². The fourth-order valence-electron chi connectivity index (χ4n) is 2.30. The average molecular weight is 431 g/mol. The zero-order chi connectivity index (χ0) is 16.9. The van der Waals surface area contributed by atoms with Crippen LogP contribution in [-0.2, 0) is 6.61 Å². The number of nitrogens with one attached hydrogen (secondary N) is 1. The number of halogens is 1. The lowest BCUT2D eigenvalue weighted by Gasteiger charge is -2.10. The van der Waals surface area contributed by atoms with E-state index in [1.54, 1.807) is 0 Å². The zero-order valence-corrected chi connectivity index (χ0v) is 15.7. The number of rotatable bonds is 5. The van der Waals surface area contributed by atoms with Crippen molar-refractivity contribution < 1.29 is 4.74 Å². The summed E-state index contributed by atoms with van der Waals surface area (Å²) in [5.41, 5.74) is 3.09. The van der Waals surface area contributed by atoms with Gasteiger partial charge in [-0.15, -0.1) is 0 Å². The normalized spacial score (nSPS) is 10.5. The van der Waals surface area contributed by atoms with Gasteiger partial charge in [-0.1, -0.05) is 30.3 Å². The van der Waals surface area contributed by atoms with Crippen LogP contribution >= 0.6 is 22.6 Å². The minimum Gasteiger partial charge on any atom is -0.489 e. The lowest BCUT2D eigenvalue weighted by atomic mass is 10.2. The molecule has 1 aromatic heterocycles. The minimum absolute atomic E-state index is 0.559. The number of hydrogen-bond donors (Lipinski definition) is 1. The molecule has 4 nitrogen and oxygen atoms in total. The molecule has 24 heavy (non-hydrogen) atoms. The Kier molecular flexibility index (Phi) is 5.30. The highest BCUT2D eigenvalue weighted by Gasteiger charge is 2.09. The van der Waals surface area contributed by atoms with Gasteiger partial charge in [0.1, 0.15) is 18.2 Å². The lowest BCUT2D eigenvalue weighted by Crippen LogP contribution is -2.02. The van der Waals surface area contributed by atoms with Crippen molar-refractivity contribution in [2.24, 2.45) is 0 Å². The van der Waals surface area contributed by atoms with Crippen molar-refractivity contribution in [1.82, 2.24) is 9.97 Å². The summed E-state index contributed by atoms with van der Waals surface area (Å²) in [6, 6.07) is 18.0. The number of benzene rings is 2. The molecule has 122 valence electrons. The number of aromatic nitrogens is 2. The van der Waals surface area contributed by atoms with E-state index in [-0.39, 0.29) is 0 Å². The van der Waals surface area contributed by atoms with Gasteiger partial charge in [-0.3, -0.25) is 0 Å². The second-order valence-electron chi connectivity index (χ2n) is 5.34. The fraction of sp³-hybridized carbons (Fsp3) is 0.158. The molecule has 0 atom stereocenters. The van der Waals surface area contributed by atoms with Gasteiger partial charge in [0, 0.05) is 12.6 Å². The summed E-state index contributed by atoms with van der Waals surface area (Å²) in [6.45, 7) is 2.55. The van der Waals surface area contributed by atoms with E-state index >= 15 is 0 Å². The zero-order valence-electron chi connectivity index (χ0n) is 13.6. The van der Waals surface area contributed by atoms with Crippen LogP contribution < -0.4 is 10.1 Å². The van der Waals surface area contributed by atoms with E-state index in [1.807, 2.05) is 56.4 Å². The fourth-order valence-corrected chi connectivity index (χ4v) is 2.81. The molecule has 0 fully saturated rings. The second-order valence-corrected chi connectivity index (χ2v) is 6.42.